The maximum Gasteiger partial charge on any atom is 0.308 e. The normalized spacial score (nSPS) is 20.5. The molecule has 1 aromatic rings. The third-order valence-electron chi connectivity index (χ3n) is 3.17. The molecular formula is C12H15NO2. The van der Waals surface area contributed by atoms with Gasteiger partial charge in [-0.05, 0) is 37.5 Å². The summed E-state index contributed by atoms with van der Waals surface area (Å²) in [6, 6.07) is 6.10. The Balaban J connectivity index is 2.23. The van der Waals surface area contributed by atoms with Crippen molar-refractivity contribution in [1.29, 1.82) is 0 Å². The summed E-state index contributed by atoms with van der Waals surface area (Å²) in [6.07, 6.45) is 0.815. The Morgan fingerprint density at radius 1 is 1.60 bits per heavy atom. The molecule has 1 aliphatic rings. The van der Waals surface area contributed by atoms with Crippen LogP contribution in [0.5, 0.6) is 0 Å². The van der Waals surface area contributed by atoms with Gasteiger partial charge in [0, 0.05) is 11.7 Å². The number of aliphatic carboxylic acids is 1. The highest BCUT2D eigenvalue weighted by Gasteiger charge is 2.29. The maximum absolute atomic E-state index is 10.9. The zero-order valence-corrected chi connectivity index (χ0v) is 8.95. The van der Waals surface area contributed by atoms with Gasteiger partial charge in [-0.1, -0.05) is 12.1 Å². The van der Waals surface area contributed by atoms with Gasteiger partial charge in [-0.25, -0.2) is 0 Å². The molecule has 2 atom stereocenters. The first-order valence-corrected chi connectivity index (χ1v) is 5.17. The van der Waals surface area contributed by atoms with Crippen molar-refractivity contribution >= 4 is 11.7 Å². The van der Waals surface area contributed by atoms with Crippen LogP contribution in [0.1, 0.15) is 18.1 Å². The molecule has 0 saturated carbocycles. The molecule has 3 nitrogen and oxygen atoms in total. The summed E-state index contributed by atoms with van der Waals surface area (Å²) in [4.78, 5) is 10.9. The Hall–Kier alpha value is -1.51. The minimum Gasteiger partial charge on any atom is -0.481 e. The first-order valence-electron chi connectivity index (χ1n) is 5.17. The molecule has 0 bridgehead atoms. The van der Waals surface area contributed by atoms with Crippen LogP contribution in [-0.4, -0.2) is 17.1 Å². The van der Waals surface area contributed by atoms with Crippen molar-refractivity contribution in [2.24, 2.45) is 5.92 Å². The van der Waals surface area contributed by atoms with Crippen molar-refractivity contribution in [1.82, 2.24) is 0 Å². The van der Waals surface area contributed by atoms with Gasteiger partial charge in [-0.15, -0.1) is 0 Å². The quantitative estimate of drug-likeness (QED) is 0.777. The number of rotatable bonds is 2. The Morgan fingerprint density at radius 3 is 2.93 bits per heavy atom. The Kier molecular flexibility index (Phi) is 2.39. The van der Waals surface area contributed by atoms with E-state index in [4.69, 9.17) is 5.11 Å². The number of carboxylic acid groups (broad SMARTS) is 1. The fraction of sp³-hybridized carbons (Fsp3) is 0.417. The summed E-state index contributed by atoms with van der Waals surface area (Å²) in [7, 11) is 0. The average molecular weight is 205 g/mol. The molecule has 3 heteroatoms. The monoisotopic (exact) mass is 205 g/mol. The summed E-state index contributed by atoms with van der Waals surface area (Å²) >= 11 is 0. The van der Waals surface area contributed by atoms with Gasteiger partial charge in [-0.2, -0.15) is 0 Å². The van der Waals surface area contributed by atoms with Gasteiger partial charge < -0.3 is 10.4 Å². The van der Waals surface area contributed by atoms with Crippen LogP contribution in [0, 0.1) is 12.8 Å². The summed E-state index contributed by atoms with van der Waals surface area (Å²) in [5, 5.41) is 12.2. The second-order valence-corrected chi connectivity index (χ2v) is 4.18. The molecule has 0 radical (unpaired) electrons. The lowest BCUT2D eigenvalue weighted by Crippen LogP contribution is -2.30. The zero-order chi connectivity index (χ0) is 11.0. The van der Waals surface area contributed by atoms with E-state index in [0.717, 1.165) is 12.1 Å². The molecule has 2 unspecified atom stereocenters. The lowest BCUT2D eigenvalue weighted by molar-refractivity contribution is -0.141. The first-order chi connectivity index (χ1) is 7.09. The fourth-order valence-corrected chi connectivity index (χ4v) is 2.05. The predicted molar refractivity (Wildman–Crippen MR) is 59.1 cm³/mol. The minimum atomic E-state index is -0.738. The van der Waals surface area contributed by atoms with Crippen LogP contribution < -0.4 is 5.32 Å². The minimum absolute atomic E-state index is 0.0265. The van der Waals surface area contributed by atoms with Crippen LogP contribution in [0.15, 0.2) is 18.2 Å². The molecule has 0 saturated heterocycles. The highest BCUT2D eigenvalue weighted by molar-refractivity contribution is 5.73. The van der Waals surface area contributed by atoms with Gasteiger partial charge in [0.25, 0.3) is 0 Å². The molecule has 0 fully saturated rings. The van der Waals surface area contributed by atoms with Gasteiger partial charge in [-0.3, -0.25) is 4.79 Å². The van der Waals surface area contributed by atoms with Crippen LogP contribution in [0.2, 0.25) is 0 Å². The van der Waals surface area contributed by atoms with E-state index in [1.807, 2.05) is 12.1 Å². The Labute approximate surface area is 89.1 Å². The molecule has 80 valence electrons. The van der Waals surface area contributed by atoms with E-state index in [-0.39, 0.29) is 12.0 Å². The second-order valence-electron chi connectivity index (χ2n) is 4.18. The molecule has 1 aromatic carbocycles. The highest BCUT2D eigenvalue weighted by atomic mass is 16.4. The molecule has 0 aromatic heterocycles. The van der Waals surface area contributed by atoms with Crippen molar-refractivity contribution in [3.63, 3.8) is 0 Å². The third-order valence-corrected chi connectivity index (χ3v) is 3.17. The van der Waals surface area contributed by atoms with Gasteiger partial charge in [0.05, 0.1) is 5.92 Å². The van der Waals surface area contributed by atoms with E-state index >= 15 is 0 Å². The number of hydrogen-bond acceptors (Lipinski definition) is 2. The Morgan fingerprint density at radius 2 is 2.33 bits per heavy atom. The van der Waals surface area contributed by atoms with Crippen LogP contribution in [0.4, 0.5) is 5.69 Å². The Bertz CT molecular complexity index is 401. The fourth-order valence-electron chi connectivity index (χ4n) is 2.05. The summed E-state index contributed by atoms with van der Waals surface area (Å²) in [6.45, 7) is 3.82. The molecule has 0 aliphatic carbocycles. The molecule has 0 amide bonds. The number of carboxylic acids is 1. The summed E-state index contributed by atoms with van der Waals surface area (Å²) < 4.78 is 0. The number of carbonyl (C=O) groups is 1. The van der Waals surface area contributed by atoms with Gasteiger partial charge in [0.15, 0.2) is 0 Å². The lowest BCUT2D eigenvalue weighted by Gasteiger charge is -2.15. The SMILES string of the molecule is Cc1cccc2c1CC(C(C)C(=O)O)N2. The van der Waals surface area contributed by atoms with Crippen LogP contribution in [-0.2, 0) is 11.2 Å². The van der Waals surface area contributed by atoms with Crippen molar-refractivity contribution in [3.05, 3.63) is 29.3 Å². The molecule has 1 aliphatic heterocycles. The molecule has 2 N–H and O–H groups in total. The molecule has 0 spiro atoms. The van der Waals surface area contributed by atoms with Crippen molar-refractivity contribution in [3.8, 4) is 0 Å². The zero-order valence-electron chi connectivity index (χ0n) is 8.95. The van der Waals surface area contributed by atoms with Crippen molar-refractivity contribution in [2.75, 3.05) is 5.32 Å². The number of fused-ring (bicyclic) bond motifs is 1. The van der Waals surface area contributed by atoms with Gasteiger partial charge in [0.2, 0.25) is 0 Å². The number of hydrogen-bond donors (Lipinski definition) is 2. The van der Waals surface area contributed by atoms with Crippen molar-refractivity contribution < 1.29 is 9.90 Å². The van der Waals surface area contributed by atoms with E-state index in [1.165, 1.54) is 11.1 Å². The molecule has 2 rings (SSSR count). The largest absolute Gasteiger partial charge is 0.481 e. The second kappa shape index (κ2) is 3.57. The van der Waals surface area contributed by atoms with E-state index in [1.54, 1.807) is 6.92 Å². The number of nitrogens with one attached hydrogen (secondary N) is 1. The molecular weight excluding hydrogens is 190 g/mol. The number of anilines is 1. The lowest BCUT2D eigenvalue weighted by atomic mass is 9.97. The molecule has 15 heavy (non-hydrogen) atoms. The van der Waals surface area contributed by atoms with E-state index in [2.05, 4.69) is 18.3 Å². The highest BCUT2D eigenvalue weighted by Crippen LogP contribution is 2.31. The van der Waals surface area contributed by atoms with Crippen LogP contribution >= 0.6 is 0 Å². The maximum atomic E-state index is 10.9. The first kappa shape index (κ1) is 10.0. The van der Waals surface area contributed by atoms with E-state index in [9.17, 15) is 4.79 Å². The standard InChI is InChI=1S/C12H15NO2/c1-7-4-3-5-10-9(7)6-11(13-10)8(2)12(14)15/h3-5,8,11,13H,6H2,1-2H3,(H,14,15). The van der Waals surface area contributed by atoms with Gasteiger partial charge in [0.1, 0.15) is 0 Å². The third kappa shape index (κ3) is 1.69. The van der Waals surface area contributed by atoms with Crippen LogP contribution in [0.3, 0.4) is 0 Å². The topological polar surface area (TPSA) is 49.3 Å². The van der Waals surface area contributed by atoms with E-state index < -0.39 is 5.97 Å². The predicted octanol–water partition coefficient (Wildman–Crippen LogP) is 2.05. The number of aryl methyl sites for hydroxylation is 1. The van der Waals surface area contributed by atoms with Gasteiger partial charge >= 0.3 is 5.97 Å². The number of benzene rings is 1. The van der Waals surface area contributed by atoms with E-state index in [0.29, 0.717) is 0 Å². The smallest absolute Gasteiger partial charge is 0.308 e. The van der Waals surface area contributed by atoms with Crippen LogP contribution in [0.25, 0.3) is 0 Å². The molecule has 1 heterocycles. The summed E-state index contributed by atoms with van der Waals surface area (Å²) in [5.41, 5.74) is 3.59. The average Bonchev–Trinajstić information content (AvgIpc) is 2.61. The van der Waals surface area contributed by atoms with Crippen molar-refractivity contribution in [2.45, 2.75) is 26.3 Å². The summed E-state index contributed by atoms with van der Waals surface area (Å²) in [5.74, 6) is -1.09.